The molecule has 2 atom stereocenters. The van der Waals surface area contributed by atoms with Crippen LogP contribution in [0.3, 0.4) is 0 Å². The molecule has 9 heteroatoms. The zero-order valence-electron chi connectivity index (χ0n) is 16.5. The van der Waals surface area contributed by atoms with Gasteiger partial charge in [-0.05, 0) is 18.1 Å². The minimum absolute atomic E-state index is 0.0673. The topological polar surface area (TPSA) is 141 Å². The van der Waals surface area contributed by atoms with Gasteiger partial charge in [0.25, 0.3) is 0 Å². The van der Waals surface area contributed by atoms with E-state index in [0.29, 0.717) is 0 Å². The predicted octanol–water partition coefficient (Wildman–Crippen LogP) is 2.03. The molecule has 0 aromatic heterocycles. The molecule has 0 unspecified atom stereocenters. The summed E-state index contributed by atoms with van der Waals surface area (Å²) in [6.45, 7) is 4.09. The van der Waals surface area contributed by atoms with E-state index in [0.717, 1.165) is 11.1 Å². The van der Waals surface area contributed by atoms with Crippen molar-refractivity contribution in [2.45, 2.75) is 32.0 Å². The van der Waals surface area contributed by atoms with Crippen LogP contribution in [0.25, 0.3) is 5.53 Å². The number of carbonyl (C=O) groups is 3. The quantitative estimate of drug-likeness (QED) is 0.346. The zero-order chi connectivity index (χ0) is 22.4. The highest BCUT2D eigenvalue weighted by molar-refractivity contribution is 5.89. The van der Waals surface area contributed by atoms with E-state index in [1.54, 1.807) is 0 Å². The van der Waals surface area contributed by atoms with Crippen molar-refractivity contribution < 1.29 is 29.0 Å². The lowest BCUT2D eigenvalue weighted by molar-refractivity contribution is -0.141. The summed E-state index contributed by atoms with van der Waals surface area (Å²) in [6.07, 6.45) is -0.544. The van der Waals surface area contributed by atoms with Crippen LogP contribution in [0.15, 0.2) is 60.7 Å². The first-order valence-electron chi connectivity index (χ1n) is 9.01. The van der Waals surface area contributed by atoms with Crippen LogP contribution >= 0.6 is 0 Å². The molecule has 158 valence electrons. The third-order valence-electron chi connectivity index (χ3n) is 3.83. The summed E-state index contributed by atoms with van der Waals surface area (Å²) in [7, 11) is 0. The monoisotopic (exact) mass is 412 g/mol. The van der Waals surface area contributed by atoms with Gasteiger partial charge in [0.05, 0.1) is 0 Å². The number of carbonyl (C=O) groups excluding carboxylic acids is 2. The van der Waals surface area contributed by atoms with Gasteiger partial charge in [-0.15, -0.1) is 0 Å². The number of carboxylic acid groups (broad SMARTS) is 1. The van der Waals surface area contributed by atoms with Gasteiger partial charge in [0.15, 0.2) is 0 Å². The number of aliphatic carboxylic acids is 1. The molecule has 0 aliphatic carbocycles. The van der Waals surface area contributed by atoms with Gasteiger partial charge in [0.1, 0.15) is 18.7 Å². The Morgan fingerprint density at radius 3 is 2.03 bits per heavy atom. The molecule has 0 aliphatic heterocycles. The lowest BCUT2D eigenvalue weighted by Crippen LogP contribution is -2.51. The Kier molecular flexibility index (Phi) is 10.6. The van der Waals surface area contributed by atoms with Gasteiger partial charge < -0.3 is 26.0 Å². The molecule has 0 fully saturated rings. The standard InChI is InChI=1S/C20H22N2O5.CH2N2/c1-14(19(24)25)21-18(23)17(12-15-8-4-2-5-9-15)22-20(26)27-13-16-10-6-3-7-11-16;1-3-2/h2-11,14,17H,12-13H2,1H3,(H,21,23)(H,22,26)(H,24,25);1H2/t14-,17-;/m0./s1. The maximum Gasteiger partial charge on any atom is 0.408 e. The average Bonchev–Trinajstić information content (AvgIpc) is 2.73. The highest BCUT2D eigenvalue weighted by atomic mass is 16.5. The van der Waals surface area contributed by atoms with Crippen LogP contribution in [-0.4, -0.2) is 46.7 Å². The second kappa shape index (κ2) is 13.2. The van der Waals surface area contributed by atoms with Crippen LogP contribution in [0.2, 0.25) is 0 Å². The zero-order valence-corrected chi connectivity index (χ0v) is 16.5. The van der Waals surface area contributed by atoms with Crippen LogP contribution in [0.1, 0.15) is 18.1 Å². The van der Waals surface area contributed by atoms with E-state index in [4.69, 9.17) is 15.4 Å². The fourth-order valence-corrected chi connectivity index (χ4v) is 2.34. The summed E-state index contributed by atoms with van der Waals surface area (Å²) in [5, 5.41) is 13.9. The molecule has 0 heterocycles. The van der Waals surface area contributed by atoms with Gasteiger partial charge in [0, 0.05) is 6.42 Å². The van der Waals surface area contributed by atoms with Crippen molar-refractivity contribution in [2.75, 3.05) is 0 Å². The third kappa shape index (κ3) is 9.29. The lowest BCUT2D eigenvalue weighted by Gasteiger charge is -2.20. The lowest BCUT2D eigenvalue weighted by atomic mass is 10.1. The van der Waals surface area contributed by atoms with Crippen molar-refractivity contribution in [1.82, 2.24) is 10.6 Å². The van der Waals surface area contributed by atoms with Crippen molar-refractivity contribution in [3.8, 4) is 0 Å². The third-order valence-corrected chi connectivity index (χ3v) is 3.83. The van der Waals surface area contributed by atoms with Crippen LogP contribution < -0.4 is 10.6 Å². The maximum atomic E-state index is 12.4. The predicted molar refractivity (Wildman–Crippen MR) is 110 cm³/mol. The van der Waals surface area contributed by atoms with E-state index in [-0.39, 0.29) is 13.0 Å². The fraction of sp³-hybridized carbons (Fsp3) is 0.238. The number of nitrogens with zero attached hydrogens (tertiary/aromatic N) is 2. The summed E-state index contributed by atoms with van der Waals surface area (Å²) in [6, 6.07) is 16.2. The van der Waals surface area contributed by atoms with Gasteiger partial charge in [-0.25, -0.2) is 4.79 Å². The Hall–Kier alpha value is -3.97. The first-order valence-corrected chi connectivity index (χ1v) is 9.01. The molecular weight excluding hydrogens is 388 g/mol. The number of rotatable bonds is 8. The van der Waals surface area contributed by atoms with Crippen molar-refractivity contribution in [1.29, 1.82) is 0 Å². The second-order valence-electron chi connectivity index (χ2n) is 6.16. The minimum Gasteiger partial charge on any atom is -0.480 e. The summed E-state index contributed by atoms with van der Waals surface area (Å²) in [5.41, 5.74) is 8.72. The Labute approximate surface area is 174 Å². The number of amides is 2. The van der Waals surface area contributed by atoms with Gasteiger partial charge >= 0.3 is 12.1 Å². The molecule has 0 spiro atoms. The normalized spacial score (nSPS) is 11.5. The summed E-state index contributed by atoms with van der Waals surface area (Å²) < 4.78 is 5.15. The molecular formula is C21H24N4O5. The van der Waals surface area contributed by atoms with Gasteiger partial charge in [-0.2, -0.15) is 4.79 Å². The molecule has 2 aromatic carbocycles. The maximum absolute atomic E-state index is 12.4. The van der Waals surface area contributed by atoms with E-state index < -0.39 is 30.1 Å². The van der Waals surface area contributed by atoms with E-state index in [2.05, 4.69) is 22.1 Å². The largest absolute Gasteiger partial charge is 0.480 e. The van der Waals surface area contributed by atoms with Crippen LogP contribution in [0, 0.1) is 0 Å². The van der Waals surface area contributed by atoms with Crippen molar-refractivity contribution in [2.24, 2.45) is 0 Å². The molecule has 2 aromatic rings. The van der Waals surface area contributed by atoms with Gasteiger partial charge in [-0.3, -0.25) is 9.59 Å². The minimum atomic E-state index is -1.16. The molecule has 0 bridgehead atoms. The number of ether oxygens (including phenoxy) is 1. The highest BCUT2D eigenvalue weighted by Crippen LogP contribution is 2.06. The highest BCUT2D eigenvalue weighted by Gasteiger charge is 2.25. The summed E-state index contributed by atoms with van der Waals surface area (Å²) in [4.78, 5) is 37.8. The molecule has 30 heavy (non-hydrogen) atoms. The second-order valence-corrected chi connectivity index (χ2v) is 6.16. The van der Waals surface area contributed by atoms with E-state index >= 15 is 0 Å². The van der Waals surface area contributed by atoms with E-state index in [9.17, 15) is 14.4 Å². The van der Waals surface area contributed by atoms with Gasteiger partial charge in [0.2, 0.25) is 12.6 Å². The smallest absolute Gasteiger partial charge is 0.408 e. The molecule has 2 rings (SSSR count). The van der Waals surface area contributed by atoms with Crippen LogP contribution in [0.5, 0.6) is 0 Å². The number of carboxylic acids is 1. The number of hydrogen-bond acceptors (Lipinski definition) is 4. The van der Waals surface area contributed by atoms with E-state index in [1.807, 2.05) is 60.7 Å². The van der Waals surface area contributed by atoms with Crippen LogP contribution in [-0.2, 0) is 27.4 Å². The summed E-state index contributed by atoms with van der Waals surface area (Å²) >= 11 is 0. The van der Waals surface area contributed by atoms with E-state index in [1.165, 1.54) is 6.92 Å². The van der Waals surface area contributed by atoms with Crippen molar-refractivity contribution in [3.05, 3.63) is 77.3 Å². The first kappa shape index (κ1) is 24.1. The van der Waals surface area contributed by atoms with Crippen LogP contribution in [0.4, 0.5) is 4.79 Å². The molecule has 3 N–H and O–H groups in total. The molecule has 0 aliphatic rings. The Bertz CT molecular complexity index is 852. The Morgan fingerprint density at radius 2 is 1.53 bits per heavy atom. The number of alkyl carbamates (subject to hydrolysis) is 1. The molecule has 2 amide bonds. The number of benzene rings is 2. The van der Waals surface area contributed by atoms with Gasteiger partial charge in [-0.1, -0.05) is 60.7 Å². The molecule has 0 saturated heterocycles. The SMILES string of the molecule is C=[N+]=[N-].C[C@H](NC(=O)[C@H](Cc1ccccc1)NC(=O)OCc1ccccc1)C(=O)O. The Morgan fingerprint density at radius 1 is 1.03 bits per heavy atom. The van der Waals surface area contributed by atoms with Crippen molar-refractivity contribution >= 4 is 24.7 Å². The number of hydrogen-bond donors (Lipinski definition) is 3. The van der Waals surface area contributed by atoms with Crippen molar-refractivity contribution in [3.63, 3.8) is 0 Å². The molecule has 9 nitrogen and oxygen atoms in total. The molecule has 0 saturated carbocycles. The first-order chi connectivity index (χ1) is 14.4. The average molecular weight is 412 g/mol. The Balaban J connectivity index is 0.00000141. The number of nitrogens with one attached hydrogen (secondary N) is 2. The molecule has 0 radical (unpaired) electrons. The fourth-order valence-electron chi connectivity index (χ4n) is 2.34. The summed E-state index contributed by atoms with van der Waals surface area (Å²) in [5.74, 6) is -1.75.